The van der Waals surface area contributed by atoms with Crippen molar-refractivity contribution in [3.63, 3.8) is 0 Å². The normalized spacial score (nSPS) is 13.1. The third kappa shape index (κ3) is 7.12. The van der Waals surface area contributed by atoms with Crippen molar-refractivity contribution < 1.29 is 24.5 Å². The minimum atomic E-state index is -1.12. The highest BCUT2D eigenvalue weighted by Crippen LogP contribution is 2.23. The lowest BCUT2D eigenvalue weighted by atomic mass is 9.89. The van der Waals surface area contributed by atoms with Crippen molar-refractivity contribution in [2.75, 3.05) is 13.7 Å². The van der Waals surface area contributed by atoms with Crippen molar-refractivity contribution in [3.8, 4) is 0 Å². The van der Waals surface area contributed by atoms with Gasteiger partial charge in [-0.2, -0.15) is 0 Å². The van der Waals surface area contributed by atoms with Crippen LogP contribution in [0.5, 0.6) is 0 Å². The van der Waals surface area contributed by atoms with Crippen molar-refractivity contribution in [1.29, 1.82) is 0 Å². The highest BCUT2D eigenvalue weighted by molar-refractivity contribution is 5.78. The van der Waals surface area contributed by atoms with Crippen LogP contribution in [0.25, 0.3) is 0 Å². The summed E-state index contributed by atoms with van der Waals surface area (Å²) < 4.78 is 4.71. The van der Waals surface area contributed by atoms with Gasteiger partial charge < -0.3 is 20.3 Å². The zero-order valence-corrected chi connectivity index (χ0v) is 11.9. The molecule has 0 aliphatic carbocycles. The molecular weight excluding hydrogens is 250 g/mol. The van der Waals surface area contributed by atoms with Crippen molar-refractivity contribution in [2.45, 2.75) is 57.7 Å². The lowest BCUT2D eigenvalue weighted by Gasteiger charge is -2.27. The van der Waals surface area contributed by atoms with Gasteiger partial charge in [-0.3, -0.25) is 4.79 Å². The van der Waals surface area contributed by atoms with Crippen LogP contribution in [0.15, 0.2) is 0 Å². The van der Waals surface area contributed by atoms with E-state index in [2.05, 4.69) is 5.32 Å². The summed E-state index contributed by atoms with van der Waals surface area (Å²) in [7, 11) is 1.27. The molecule has 0 radical (unpaired) electrons. The molecule has 1 unspecified atom stereocenters. The van der Waals surface area contributed by atoms with Gasteiger partial charge in [0.2, 0.25) is 5.91 Å². The van der Waals surface area contributed by atoms with E-state index in [0.717, 1.165) is 12.8 Å². The van der Waals surface area contributed by atoms with Crippen LogP contribution in [-0.2, 0) is 14.3 Å². The number of carbonyl (C=O) groups is 2. The summed E-state index contributed by atoms with van der Waals surface area (Å²) in [6.07, 6.45) is 1.63. The Morgan fingerprint density at radius 1 is 1.26 bits per heavy atom. The average molecular weight is 275 g/mol. The average Bonchev–Trinajstić information content (AvgIpc) is 2.29. The Hall–Kier alpha value is -1.14. The maximum absolute atomic E-state index is 11.7. The summed E-state index contributed by atoms with van der Waals surface area (Å²) in [5.41, 5.74) is -1.00. The smallest absolute Gasteiger partial charge is 0.334 e. The van der Waals surface area contributed by atoms with Crippen LogP contribution in [0.2, 0.25) is 0 Å². The largest absolute Gasteiger partial charge is 0.479 e. The minimum Gasteiger partial charge on any atom is -0.479 e. The molecular formula is C13H25NO5. The van der Waals surface area contributed by atoms with Gasteiger partial charge in [-0.1, -0.05) is 26.7 Å². The molecule has 0 aromatic carbocycles. The van der Waals surface area contributed by atoms with Crippen LogP contribution in [-0.4, -0.2) is 47.4 Å². The number of methoxy groups -OCH3 is 1. The summed E-state index contributed by atoms with van der Waals surface area (Å²) in [5, 5.41) is 21.5. The van der Waals surface area contributed by atoms with Crippen molar-refractivity contribution in [1.82, 2.24) is 5.32 Å². The van der Waals surface area contributed by atoms with Gasteiger partial charge in [0, 0.05) is 7.11 Å². The Balaban J connectivity index is 4.30. The van der Waals surface area contributed by atoms with Crippen LogP contribution >= 0.6 is 0 Å². The first-order valence-electron chi connectivity index (χ1n) is 6.63. The molecule has 1 atom stereocenters. The molecule has 3 N–H and O–H groups in total. The highest BCUT2D eigenvalue weighted by atomic mass is 16.5. The quantitative estimate of drug-likeness (QED) is 0.551. The fourth-order valence-electron chi connectivity index (χ4n) is 2.07. The summed E-state index contributed by atoms with van der Waals surface area (Å²) in [6.45, 7) is 3.80. The van der Waals surface area contributed by atoms with Crippen molar-refractivity contribution >= 4 is 11.9 Å². The molecule has 0 saturated heterocycles. The number of rotatable bonds is 10. The fraction of sp³-hybridized carbons (Fsp3) is 0.846. The van der Waals surface area contributed by atoms with Gasteiger partial charge in [0.05, 0.1) is 18.6 Å². The number of amides is 1. The maximum atomic E-state index is 11.7. The van der Waals surface area contributed by atoms with Gasteiger partial charge in [-0.25, -0.2) is 4.79 Å². The highest BCUT2D eigenvalue weighted by Gasteiger charge is 2.28. The van der Waals surface area contributed by atoms with Gasteiger partial charge in [-0.15, -0.1) is 0 Å². The summed E-state index contributed by atoms with van der Waals surface area (Å²) >= 11 is 0. The SMILES string of the molecule is CCCC(O)(CCC)CC(=O)NCC(OC)C(=O)O. The van der Waals surface area contributed by atoms with Crippen LogP contribution in [0.4, 0.5) is 0 Å². The molecule has 1 amide bonds. The second-order valence-corrected chi connectivity index (χ2v) is 4.77. The zero-order chi connectivity index (χ0) is 14.9. The van der Waals surface area contributed by atoms with Crippen LogP contribution in [0, 0.1) is 0 Å². The predicted octanol–water partition coefficient (Wildman–Crippen LogP) is 0.924. The lowest BCUT2D eigenvalue weighted by Crippen LogP contribution is -2.41. The second-order valence-electron chi connectivity index (χ2n) is 4.77. The number of aliphatic hydroxyl groups is 1. The minimum absolute atomic E-state index is 0.00919. The Morgan fingerprint density at radius 2 is 1.79 bits per heavy atom. The maximum Gasteiger partial charge on any atom is 0.334 e. The number of ether oxygens (including phenoxy) is 1. The van der Waals surface area contributed by atoms with E-state index < -0.39 is 17.7 Å². The molecule has 0 aliphatic rings. The third-order valence-electron chi connectivity index (χ3n) is 2.96. The molecule has 0 spiro atoms. The summed E-state index contributed by atoms with van der Waals surface area (Å²) in [4.78, 5) is 22.4. The summed E-state index contributed by atoms with van der Waals surface area (Å²) in [6, 6.07) is 0. The molecule has 0 saturated carbocycles. The Labute approximate surface area is 114 Å². The van der Waals surface area contributed by atoms with E-state index in [9.17, 15) is 14.7 Å². The molecule has 112 valence electrons. The molecule has 0 bridgehead atoms. The Morgan fingerprint density at radius 3 is 2.16 bits per heavy atom. The lowest BCUT2D eigenvalue weighted by molar-refractivity contribution is -0.148. The molecule has 0 aromatic heterocycles. The van der Waals surface area contributed by atoms with Gasteiger partial charge >= 0.3 is 5.97 Å². The van der Waals surface area contributed by atoms with Gasteiger partial charge in [0.1, 0.15) is 0 Å². The van der Waals surface area contributed by atoms with Gasteiger partial charge in [-0.05, 0) is 12.8 Å². The van der Waals surface area contributed by atoms with Crippen LogP contribution in [0.3, 0.4) is 0 Å². The number of carbonyl (C=O) groups excluding carboxylic acids is 1. The number of hydrogen-bond donors (Lipinski definition) is 3. The molecule has 6 nitrogen and oxygen atoms in total. The Kier molecular flexibility index (Phi) is 8.34. The predicted molar refractivity (Wildman–Crippen MR) is 70.8 cm³/mol. The fourth-order valence-corrected chi connectivity index (χ4v) is 2.07. The van der Waals surface area contributed by atoms with Crippen molar-refractivity contribution in [3.05, 3.63) is 0 Å². The van der Waals surface area contributed by atoms with Crippen molar-refractivity contribution in [2.24, 2.45) is 0 Å². The van der Waals surface area contributed by atoms with Crippen LogP contribution in [0.1, 0.15) is 46.0 Å². The topological polar surface area (TPSA) is 95.9 Å². The number of carboxylic acids is 1. The molecule has 0 rings (SSSR count). The molecule has 0 aliphatic heterocycles. The first-order chi connectivity index (χ1) is 8.88. The molecule has 0 fully saturated rings. The first kappa shape index (κ1) is 17.9. The molecule has 6 heteroatoms. The number of aliphatic carboxylic acids is 1. The van der Waals surface area contributed by atoms with E-state index in [-0.39, 0.29) is 18.9 Å². The van der Waals surface area contributed by atoms with E-state index >= 15 is 0 Å². The number of carboxylic acid groups (broad SMARTS) is 1. The van der Waals surface area contributed by atoms with E-state index in [0.29, 0.717) is 12.8 Å². The second kappa shape index (κ2) is 8.87. The van der Waals surface area contributed by atoms with E-state index in [1.807, 2.05) is 13.8 Å². The zero-order valence-electron chi connectivity index (χ0n) is 11.9. The monoisotopic (exact) mass is 275 g/mol. The molecule has 19 heavy (non-hydrogen) atoms. The number of nitrogens with one attached hydrogen (secondary N) is 1. The first-order valence-corrected chi connectivity index (χ1v) is 6.63. The third-order valence-corrected chi connectivity index (χ3v) is 2.96. The van der Waals surface area contributed by atoms with Crippen LogP contribution < -0.4 is 5.32 Å². The number of hydrogen-bond acceptors (Lipinski definition) is 4. The Bertz CT molecular complexity index is 287. The van der Waals surface area contributed by atoms with E-state index in [1.54, 1.807) is 0 Å². The summed E-state index contributed by atoms with van der Waals surface area (Å²) in [5.74, 6) is -1.48. The molecule has 0 heterocycles. The van der Waals surface area contributed by atoms with E-state index in [1.165, 1.54) is 7.11 Å². The van der Waals surface area contributed by atoms with Gasteiger partial charge in [0.15, 0.2) is 6.10 Å². The van der Waals surface area contributed by atoms with Gasteiger partial charge in [0.25, 0.3) is 0 Å². The molecule has 0 aromatic rings. The van der Waals surface area contributed by atoms with E-state index in [4.69, 9.17) is 9.84 Å². The standard InChI is InChI=1S/C13H25NO5/c1-4-6-13(18,7-5-2)8-11(15)14-9-10(19-3)12(16)17/h10,18H,4-9H2,1-3H3,(H,14,15)(H,16,17).